The minimum Gasteiger partial charge on any atom is -0.399 e. The molecule has 0 amide bonds. The largest absolute Gasteiger partial charge is 0.399 e. The van der Waals surface area contributed by atoms with Gasteiger partial charge in [-0.05, 0) is 24.3 Å². The highest BCUT2D eigenvalue weighted by Gasteiger charge is 2.06. The molecule has 0 saturated carbocycles. The van der Waals surface area contributed by atoms with E-state index in [9.17, 15) is 4.79 Å². The van der Waals surface area contributed by atoms with Crippen LogP contribution in [0.4, 0.5) is 5.69 Å². The lowest BCUT2D eigenvalue weighted by Gasteiger charge is -2.05. The molecule has 20 heavy (non-hydrogen) atoms. The lowest BCUT2D eigenvalue weighted by molar-refractivity contribution is 1.12. The first-order valence-corrected chi connectivity index (χ1v) is 6.10. The van der Waals surface area contributed by atoms with Crippen molar-refractivity contribution in [1.29, 1.82) is 0 Å². The van der Waals surface area contributed by atoms with Crippen LogP contribution in [0.25, 0.3) is 22.6 Å². The van der Waals surface area contributed by atoms with E-state index in [1.165, 1.54) is 6.07 Å². The van der Waals surface area contributed by atoms with Gasteiger partial charge in [-0.25, -0.2) is 4.98 Å². The molecule has 1 aromatic carbocycles. The summed E-state index contributed by atoms with van der Waals surface area (Å²) in [5.41, 5.74) is 8.33. The van der Waals surface area contributed by atoms with Gasteiger partial charge in [-0.15, -0.1) is 0 Å². The van der Waals surface area contributed by atoms with Crippen LogP contribution in [0.1, 0.15) is 0 Å². The normalized spacial score (nSPS) is 10.4. The van der Waals surface area contributed by atoms with Crippen molar-refractivity contribution in [3.8, 4) is 22.6 Å². The average Bonchev–Trinajstić information content (AvgIpc) is 2.47. The van der Waals surface area contributed by atoms with Crippen LogP contribution in [-0.4, -0.2) is 15.0 Å². The number of nitrogen functional groups attached to an aromatic ring is 1. The van der Waals surface area contributed by atoms with E-state index < -0.39 is 0 Å². The number of nitrogens with one attached hydrogen (secondary N) is 1. The Bertz CT molecular complexity index is 796. The Morgan fingerprint density at radius 3 is 2.65 bits per heavy atom. The van der Waals surface area contributed by atoms with Gasteiger partial charge in [-0.1, -0.05) is 12.1 Å². The van der Waals surface area contributed by atoms with Gasteiger partial charge in [-0.2, -0.15) is 0 Å². The Labute approximate surface area is 115 Å². The first-order chi connectivity index (χ1) is 9.72. The zero-order valence-corrected chi connectivity index (χ0v) is 10.6. The predicted molar refractivity (Wildman–Crippen MR) is 77.9 cm³/mol. The maximum absolute atomic E-state index is 11.8. The highest BCUT2D eigenvalue weighted by molar-refractivity contribution is 5.66. The van der Waals surface area contributed by atoms with Gasteiger partial charge >= 0.3 is 0 Å². The Hall–Kier alpha value is -2.95. The third kappa shape index (κ3) is 2.42. The number of aromatic nitrogens is 3. The minimum atomic E-state index is -0.212. The number of hydrogen-bond donors (Lipinski definition) is 2. The molecule has 2 heterocycles. The molecule has 5 heteroatoms. The second kappa shape index (κ2) is 4.97. The number of H-pyrrole nitrogens is 1. The number of hydrogen-bond acceptors (Lipinski definition) is 4. The zero-order valence-electron chi connectivity index (χ0n) is 10.6. The van der Waals surface area contributed by atoms with E-state index in [0.29, 0.717) is 17.2 Å². The van der Waals surface area contributed by atoms with Crippen LogP contribution in [0.5, 0.6) is 0 Å². The maximum atomic E-state index is 11.8. The van der Waals surface area contributed by atoms with Crippen molar-refractivity contribution < 1.29 is 0 Å². The van der Waals surface area contributed by atoms with E-state index >= 15 is 0 Å². The van der Waals surface area contributed by atoms with E-state index in [1.807, 2.05) is 18.2 Å². The first-order valence-electron chi connectivity index (χ1n) is 6.10. The van der Waals surface area contributed by atoms with Crippen molar-refractivity contribution in [3.63, 3.8) is 0 Å². The fraction of sp³-hybridized carbons (Fsp3) is 0. The Morgan fingerprint density at radius 2 is 1.90 bits per heavy atom. The summed E-state index contributed by atoms with van der Waals surface area (Å²) in [6.45, 7) is 0. The Balaban J connectivity index is 2.15. The maximum Gasteiger partial charge on any atom is 0.251 e. The van der Waals surface area contributed by atoms with Crippen molar-refractivity contribution in [2.75, 3.05) is 5.73 Å². The molecule has 0 radical (unpaired) electrons. The van der Waals surface area contributed by atoms with Crippen molar-refractivity contribution >= 4 is 5.69 Å². The highest BCUT2D eigenvalue weighted by Crippen LogP contribution is 2.20. The SMILES string of the molecule is Nc1cccc(-c2cc(=O)[nH]c(-c3cccnc3)n2)c1. The highest BCUT2D eigenvalue weighted by atomic mass is 16.1. The smallest absolute Gasteiger partial charge is 0.251 e. The fourth-order valence-electron chi connectivity index (χ4n) is 1.94. The van der Waals surface area contributed by atoms with E-state index in [4.69, 9.17) is 5.73 Å². The fourth-order valence-corrected chi connectivity index (χ4v) is 1.94. The second-order valence-corrected chi connectivity index (χ2v) is 4.35. The lowest BCUT2D eigenvalue weighted by Crippen LogP contribution is -2.08. The Morgan fingerprint density at radius 1 is 1.05 bits per heavy atom. The first kappa shape index (κ1) is 12.1. The van der Waals surface area contributed by atoms with Crippen molar-refractivity contribution in [3.05, 3.63) is 65.2 Å². The molecule has 5 nitrogen and oxygen atoms in total. The predicted octanol–water partition coefficient (Wildman–Crippen LogP) is 2.08. The summed E-state index contributed by atoms with van der Waals surface area (Å²) in [7, 11) is 0. The average molecular weight is 264 g/mol. The van der Waals surface area contributed by atoms with Gasteiger partial charge in [0.15, 0.2) is 0 Å². The molecule has 3 aromatic rings. The minimum absolute atomic E-state index is 0.212. The van der Waals surface area contributed by atoms with Crippen LogP contribution in [0.2, 0.25) is 0 Å². The van der Waals surface area contributed by atoms with Crippen molar-refractivity contribution in [2.45, 2.75) is 0 Å². The van der Waals surface area contributed by atoms with E-state index in [-0.39, 0.29) is 5.56 Å². The van der Waals surface area contributed by atoms with E-state index in [2.05, 4.69) is 15.0 Å². The van der Waals surface area contributed by atoms with Crippen LogP contribution in [0.15, 0.2) is 59.7 Å². The van der Waals surface area contributed by atoms with E-state index in [0.717, 1.165) is 11.1 Å². The number of nitrogens with two attached hydrogens (primary N) is 1. The molecule has 0 unspecified atom stereocenters. The van der Waals surface area contributed by atoms with Gasteiger partial charge in [0.2, 0.25) is 0 Å². The lowest BCUT2D eigenvalue weighted by atomic mass is 10.1. The van der Waals surface area contributed by atoms with Crippen molar-refractivity contribution in [1.82, 2.24) is 15.0 Å². The number of rotatable bonds is 2. The number of nitrogens with zero attached hydrogens (tertiary/aromatic N) is 2. The summed E-state index contributed by atoms with van der Waals surface area (Å²) in [4.78, 5) is 23.0. The third-order valence-corrected chi connectivity index (χ3v) is 2.86. The van der Waals surface area contributed by atoms with Crippen LogP contribution in [-0.2, 0) is 0 Å². The summed E-state index contributed by atoms with van der Waals surface area (Å²) < 4.78 is 0. The van der Waals surface area contributed by atoms with Crippen LogP contribution < -0.4 is 11.3 Å². The molecule has 3 N–H and O–H groups in total. The molecule has 98 valence electrons. The molecular formula is C15H12N4O. The quantitative estimate of drug-likeness (QED) is 0.694. The summed E-state index contributed by atoms with van der Waals surface area (Å²) >= 11 is 0. The number of pyridine rings is 1. The molecule has 0 atom stereocenters. The molecule has 3 rings (SSSR count). The molecule has 0 aliphatic rings. The van der Waals surface area contributed by atoms with Crippen LogP contribution in [0.3, 0.4) is 0 Å². The van der Waals surface area contributed by atoms with Crippen LogP contribution >= 0.6 is 0 Å². The van der Waals surface area contributed by atoms with Gasteiger partial charge in [0.25, 0.3) is 5.56 Å². The number of anilines is 1. The zero-order chi connectivity index (χ0) is 13.9. The summed E-state index contributed by atoms with van der Waals surface area (Å²) in [5.74, 6) is 0.489. The molecule has 2 aromatic heterocycles. The second-order valence-electron chi connectivity index (χ2n) is 4.35. The Kier molecular flexibility index (Phi) is 3.01. The summed E-state index contributed by atoms with van der Waals surface area (Å²) in [5, 5.41) is 0. The molecule has 0 aliphatic carbocycles. The van der Waals surface area contributed by atoms with Crippen molar-refractivity contribution in [2.24, 2.45) is 0 Å². The van der Waals surface area contributed by atoms with Crippen LogP contribution in [0, 0.1) is 0 Å². The molecule has 0 fully saturated rings. The third-order valence-electron chi connectivity index (χ3n) is 2.86. The molecule has 0 spiro atoms. The molecule has 0 aliphatic heterocycles. The molecular weight excluding hydrogens is 252 g/mol. The standard InChI is InChI=1S/C15H12N4O/c16-12-5-1-3-10(7-12)13-8-14(20)19-15(18-13)11-4-2-6-17-9-11/h1-9H,16H2,(H,18,19,20). The van der Waals surface area contributed by atoms with Gasteiger partial charge < -0.3 is 10.7 Å². The topological polar surface area (TPSA) is 84.7 Å². The monoisotopic (exact) mass is 264 g/mol. The number of benzene rings is 1. The van der Waals surface area contributed by atoms with Gasteiger partial charge in [0, 0.05) is 35.3 Å². The molecule has 0 saturated heterocycles. The number of aromatic amines is 1. The van der Waals surface area contributed by atoms with Gasteiger partial charge in [-0.3, -0.25) is 9.78 Å². The van der Waals surface area contributed by atoms with Gasteiger partial charge in [0.05, 0.1) is 5.69 Å². The summed E-state index contributed by atoms with van der Waals surface area (Å²) in [6, 6.07) is 12.4. The summed E-state index contributed by atoms with van der Waals surface area (Å²) in [6.07, 6.45) is 3.32. The van der Waals surface area contributed by atoms with E-state index in [1.54, 1.807) is 30.6 Å². The van der Waals surface area contributed by atoms with Gasteiger partial charge in [0.1, 0.15) is 5.82 Å². The molecule has 0 bridgehead atoms.